The van der Waals surface area contributed by atoms with Crippen LogP contribution in [0.25, 0.3) is 0 Å². The fourth-order valence-corrected chi connectivity index (χ4v) is 3.71. The van der Waals surface area contributed by atoms with Crippen LogP contribution in [0.5, 0.6) is 0 Å². The van der Waals surface area contributed by atoms with E-state index in [2.05, 4.69) is 33.9 Å². The van der Waals surface area contributed by atoms with E-state index >= 15 is 0 Å². The summed E-state index contributed by atoms with van der Waals surface area (Å²) in [6.07, 6.45) is 0.989. The Morgan fingerprint density at radius 3 is 2.52 bits per heavy atom. The van der Waals surface area contributed by atoms with Gasteiger partial charge in [0.2, 0.25) is 0 Å². The highest BCUT2D eigenvalue weighted by Gasteiger charge is 2.47. The van der Waals surface area contributed by atoms with Gasteiger partial charge < -0.3 is 19.0 Å². The van der Waals surface area contributed by atoms with Crippen LogP contribution in [0.1, 0.15) is 34.1 Å². The van der Waals surface area contributed by atoms with Crippen molar-refractivity contribution >= 4 is 14.3 Å². The van der Waals surface area contributed by atoms with E-state index in [1.165, 1.54) is 0 Å². The first-order chi connectivity index (χ1) is 9.51. The molecule has 0 aromatic heterocycles. The lowest BCUT2D eigenvalue weighted by atomic mass is 9.92. The van der Waals surface area contributed by atoms with Gasteiger partial charge in [0.1, 0.15) is 6.10 Å². The first-order valence-electron chi connectivity index (χ1n) is 7.44. The van der Waals surface area contributed by atoms with Crippen LogP contribution >= 0.6 is 0 Å². The topological polar surface area (TPSA) is 65.0 Å². The lowest BCUT2D eigenvalue weighted by Crippen LogP contribution is -2.50. The van der Waals surface area contributed by atoms with E-state index in [4.69, 9.17) is 13.9 Å². The van der Waals surface area contributed by atoms with Crippen molar-refractivity contribution in [1.29, 1.82) is 0 Å². The zero-order valence-electron chi connectivity index (χ0n) is 13.7. The fourth-order valence-electron chi connectivity index (χ4n) is 2.47. The second-order valence-corrected chi connectivity index (χ2v) is 12.1. The molecule has 2 rings (SSSR count). The number of carboxylic acids is 1. The van der Waals surface area contributed by atoms with E-state index in [1.54, 1.807) is 6.08 Å². The van der Waals surface area contributed by atoms with Gasteiger partial charge in [-0.05, 0) is 31.1 Å². The van der Waals surface area contributed by atoms with E-state index in [0.29, 0.717) is 12.0 Å². The highest BCUT2D eigenvalue weighted by atomic mass is 28.4. The van der Waals surface area contributed by atoms with Crippen molar-refractivity contribution in [2.45, 2.75) is 76.8 Å². The molecule has 1 N–H and O–H groups in total. The lowest BCUT2D eigenvalue weighted by molar-refractivity contribution is -0.133. The van der Waals surface area contributed by atoms with Crippen molar-refractivity contribution in [1.82, 2.24) is 0 Å². The molecule has 1 aliphatic carbocycles. The molecule has 0 aromatic carbocycles. The van der Waals surface area contributed by atoms with Crippen molar-refractivity contribution in [3.05, 3.63) is 11.6 Å². The SMILES string of the molecule is CC1O[C@@H]2[C@@H](O[Si](C)(C)C(C)(C)C)C=C(C(=O)O)C[C@@H]2O1. The number of hydrogen-bond donors (Lipinski definition) is 1. The Labute approximate surface area is 127 Å². The molecule has 120 valence electrons. The lowest BCUT2D eigenvalue weighted by Gasteiger charge is -2.41. The molecule has 1 saturated heterocycles. The maximum absolute atomic E-state index is 11.3. The van der Waals surface area contributed by atoms with Gasteiger partial charge in [-0.1, -0.05) is 20.8 Å². The Morgan fingerprint density at radius 1 is 1.38 bits per heavy atom. The van der Waals surface area contributed by atoms with Gasteiger partial charge in [0, 0.05) is 12.0 Å². The van der Waals surface area contributed by atoms with Crippen LogP contribution in [0.3, 0.4) is 0 Å². The molecule has 21 heavy (non-hydrogen) atoms. The average Bonchev–Trinajstić information content (AvgIpc) is 2.67. The normalized spacial score (nSPS) is 33.5. The molecule has 1 aliphatic heterocycles. The summed E-state index contributed by atoms with van der Waals surface area (Å²) in [4.78, 5) is 11.3. The van der Waals surface area contributed by atoms with Crippen LogP contribution in [0.2, 0.25) is 18.1 Å². The zero-order chi connectivity index (χ0) is 16.0. The molecule has 5 nitrogen and oxygen atoms in total. The van der Waals surface area contributed by atoms with Crippen LogP contribution in [0.4, 0.5) is 0 Å². The third kappa shape index (κ3) is 3.39. The number of hydrogen-bond acceptors (Lipinski definition) is 4. The monoisotopic (exact) mass is 314 g/mol. The Balaban J connectivity index is 2.25. The smallest absolute Gasteiger partial charge is 0.331 e. The fraction of sp³-hybridized carbons (Fsp3) is 0.800. The first kappa shape index (κ1) is 16.7. The third-order valence-electron chi connectivity index (χ3n) is 4.70. The third-order valence-corrected chi connectivity index (χ3v) is 9.18. The molecule has 0 bridgehead atoms. The van der Waals surface area contributed by atoms with Crippen molar-refractivity contribution in [2.75, 3.05) is 0 Å². The average molecular weight is 314 g/mol. The van der Waals surface area contributed by atoms with Gasteiger partial charge in [0.25, 0.3) is 0 Å². The Bertz CT molecular complexity index is 451. The second kappa shape index (κ2) is 5.50. The summed E-state index contributed by atoms with van der Waals surface area (Å²) < 4.78 is 17.9. The molecule has 2 aliphatic rings. The summed E-state index contributed by atoms with van der Waals surface area (Å²) in [5, 5.41) is 9.35. The number of carbonyl (C=O) groups is 1. The summed E-state index contributed by atoms with van der Waals surface area (Å²) in [5.41, 5.74) is 0.359. The first-order valence-corrected chi connectivity index (χ1v) is 10.3. The minimum absolute atomic E-state index is 0.0578. The number of carboxylic acid groups (broad SMARTS) is 1. The van der Waals surface area contributed by atoms with E-state index in [0.717, 1.165) is 0 Å². The highest BCUT2D eigenvalue weighted by molar-refractivity contribution is 6.74. The maximum atomic E-state index is 11.3. The Kier molecular flexibility index (Phi) is 4.37. The predicted octanol–water partition coefficient (Wildman–Crippen LogP) is 2.92. The van der Waals surface area contributed by atoms with Gasteiger partial charge in [0.15, 0.2) is 14.6 Å². The molecule has 0 radical (unpaired) electrons. The maximum Gasteiger partial charge on any atom is 0.331 e. The quantitative estimate of drug-likeness (QED) is 0.811. The Hall–Kier alpha value is -0.693. The van der Waals surface area contributed by atoms with E-state index < -0.39 is 14.3 Å². The molecule has 0 saturated carbocycles. The molecule has 0 amide bonds. The van der Waals surface area contributed by atoms with Gasteiger partial charge in [0.05, 0.1) is 12.2 Å². The van der Waals surface area contributed by atoms with Crippen molar-refractivity contribution < 1.29 is 23.8 Å². The zero-order valence-corrected chi connectivity index (χ0v) is 14.7. The summed E-state index contributed by atoms with van der Waals surface area (Å²) in [7, 11) is -2.01. The number of fused-ring (bicyclic) bond motifs is 1. The molecule has 1 heterocycles. The number of ether oxygens (including phenoxy) is 2. The predicted molar refractivity (Wildman–Crippen MR) is 81.6 cm³/mol. The van der Waals surface area contributed by atoms with Crippen molar-refractivity contribution in [3.8, 4) is 0 Å². The van der Waals surface area contributed by atoms with Crippen LogP contribution in [0, 0.1) is 0 Å². The van der Waals surface area contributed by atoms with Gasteiger partial charge in [-0.15, -0.1) is 0 Å². The van der Waals surface area contributed by atoms with E-state index in [-0.39, 0.29) is 29.6 Å². The van der Waals surface area contributed by atoms with Crippen LogP contribution in [-0.2, 0) is 18.7 Å². The van der Waals surface area contributed by atoms with E-state index in [9.17, 15) is 9.90 Å². The number of rotatable bonds is 3. The molecular formula is C15H26O5Si. The number of aliphatic carboxylic acids is 1. The molecule has 4 atom stereocenters. The van der Waals surface area contributed by atoms with Crippen LogP contribution in [0.15, 0.2) is 11.6 Å². The molecule has 0 spiro atoms. The summed E-state index contributed by atoms with van der Waals surface area (Å²) in [6, 6.07) is 0. The van der Waals surface area contributed by atoms with Crippen LogP contribution < -0.4 is 0 Å². The molecule has 1 fully saturated rings. The molecule has 1 unspecified atom stereocenters. The summed E-state index contributed by atoms with van der Waals surface area (Å²) in [6.45, 7) is 12.6. The Morgan fingerprint density at radius 2 is 2.00 bits per heavy atom. The van der Waals surface area contributed by atoms with Crippen molar-refractivity contribution in [2.24, 2.45) is 0 Å². The van der Waals surface area contributed by atoms with Gasteiger partial charge in [-0.25, -0.2) is 4.79 Å². The summed E-state index contributed by atoms with van der Waals surface area (Å²) in [5.74, 6) is -0.902. The standard InChI is InChI=1S/C15H26O5Si/c1-9-18-11-7-10(14(16)17)8-12(13(11)19-9)20-21(5,6)15(2,3)4/h8-9,11-13H,7H2,1-6H3,(H,16,17)/t9?,11-,12-,13-/m0/s1. The van der Waals surface area contributed by atoms with Crippen LogP contribution in [-0.4, -0.2) is 44.0 Å². The minimum Gasteiger partial charge on any atom is -0.478 e. The highest BCUT2D eigenvalue weighted by Crippen LogP contribution is 2.41. The minimum atomic E-state index is -2.01. The molecule has 6 heteroatoms. The van der Waals surface area contributed by atoms with Crippen molar-refractivity contribution in [3.63, 3.8) is 0 Å². The van der Waals surface area contributed by atoms with E-state index in [1.807, 2.05) is 6.92 Å². The van der Waals surface area contributed by atoms with Gasteiger partial charge in [-0.2, -0.15) is 0 Å². The summed E-state index contributed by atoms with van der Waals surface area (Å²) >= 11 is 0. The molecular weight excluding hydrogens is 288 g/mol. The molecule has 0 aromatic rings. The van der Waals surface area contributed by atoms with Gasteiger partial charge >= 0.3 is 5.97 Å². The second-order valence-electron chi connectivity index (χ2n) is 7.39. The van der Waals surface area contributed by atoms with Gasteiger partial charge in [-0.3, -0.25) is 0 Å². The largest absolute Gasteiger partial charge is 0.478 e.